The van der Waals surface area contributed by atoms with Crippen molar-refractivity contribution in [3.63, 3.8) is 0 Å². The molecule has 1 fully saturated rings. The molecule has 1 aromatic rings. The minimum Gasteiger partial charge on any atom is -0.481 e. The van der Waals surface area contributed by atoms with E-state index in [-0.39, 0.29) is 13.2 Å². The maximum atomic E-state index is 12.0. The molecule has 4 N–H and O–H groups in total. The number of amides is 2. The molecule has 0 bridgehead atoms. The van der Waals surface area contributed by atoms with Gasteiger partial charge in [0.25, 0.3) is 0 Å². The molecule has 0 aliphatic carbocycles. The van der Waals surface area contributed by atoms with E-state index in [1.807, 2.05) is 25.2 Å². The second-order valence-electron chi connectivity index (χ2n) is 4.87. The van der Waals surface area contributed by atoms with E-state index >= 15 is 0 Å². The molecule has 114 valence electrons. The summed E-state index contributed by atoms with van der Waals surface area (Å²) >= 11 is 0. The predicted octanol–water partition coefficient (Wildman–Crippen LogP) is 0.627. The normalized spacial score (nSPS) is 21.0. The van der Waals surface area contributed by atoms with Gasteiger partial charge in [0.15, 0.2) is 0 Å². The highest BCUT2D eigenvalue weighted by Crippen LogP contribution is 2.16. The van der Waals surface area contributed by atoms with Crippen LogP contribution >= 0.6 is 0 Å². The summed E-state index contributed by atoms with van der Waals surface area (Å²) in [5.41, 5.74) is 1.64. The van der Waals surface area contributed by atoms with Gasteiger partial charge in [0.2, 0.25) is 0 Å². The lowest BCUT2D eigenvalue weighted by atomic mass is 10.0. The Morgan fingerprint density at radius 1 is 1.33 bits per heavy atom. The maximum absolute atomic E-state index is 12.0. The van der Waals surface area contributed by atoms with E-state index in [4.69, 9.17) is 9.84 Å². The third kappa shape index (κ3) is 3.93. The molecule has 0 radical (unpaired) electrons. The van der Waals surface area contributed by atoms with Crippen LogP contribution in [0.15, 0.2) is 24.3 Å². The number of carboxylic acid groups (broad SMARTS) is 1. The number of anilines is 1. The maximum Gasteiger partial charge on any atom is 0.319 e. The quantitative estimate of drug-likeness (QED) is 0.638. The van der Waals surface area contributed by atoms with E-state index in [0.29, 0.717) is 12.2 Å². The monoisotopic (exact) mass is 293 g/mol. The fourth-order valence-corrected chi connectivity index (χ4v) is 2.25. The van der Waals surface area contributed by atoms with E-state index in [1.165, 1.54) is 0 Å². The fraction of sp³-hybridized carbons (Fsp3) is 0.429. The zero-order valence-electron chi connectivity index (χ0n) is 11.8. The fourth-order valence-electron chi connectivity index (χ4n) is 2.25. The zero-order chi connectivity index (χ0) is 15.2. The highest BCUT2D eigenvalue weighted by molar-refractivity contribution is 5.90. The van der Waals surface area contributed by atoms with Crippen LogP contribution in [-0.4, -0.2) is 43.4 Å². The first kappa shape index (κ1) is 15.3. The number of carboxylic acids is 1. The van der Waals surface area contributed by atoms with Crippen molar-refractivity contribution in [3.8, 4) is 0 Å². The molecule has 0 aromatic heterocycles. The van der Waals surface area contributed by atoms with E-state index in [9.17, 15) is 9.59 Å². The van der Waals surface area contributed by atoms with Crippen LogP contribution in [0.2, 0.25) is 0 Å². The van der Waals surface area contributed by atoms with Gasteiger partial charge in [-0.25, -0.2) is 4.79 Å². The van der Waals surface area contributed by atoms with Crippen molar-refractivity contribution in [2.75, 3.05) is 25.6 Å². The molecule has 1 aromatic carbocycles. The summed E-state index contributed by atoms with van der Waals surface area (Å²) in [5.74, 6) is -1.67. The Labute approximate surface area is 122 Å². The molecule has 1 heterocycles. The van der Waals surface area contributed by atoms with Gasteiger partial charge in [-0.3, -0.25) is 4.79 Å². The van der Waals surface area contributed by atoms with Gasteiger partial charge in [0, 0.05) is 12.2 Å². The molecular formula is C14H19N3O4. The molecule has 7 heteroatoms. The van der Waals surface area contributed by atoms with Crippen LogP contribution in [0.4, 0.5) is 10.5 Å². The summed E-state index contributed by atoms with van der Waals surface area (Å²) in [7, 11) is 1.82. The Hall–Kier alpha value is -2.12. The van der Waals surface area contributed by atoms with Gasteiger partial charge in [-0.2, -0.15) is 0 Å². The summed E-state index contributed by atoms with van der Waals surface area (Å²) in [6.45, 7) is 0.958. The van der Waals surface area contributed by atoms with Gasteiger partial charge in [0.1, 0.15) is 5.92 Å². The number of rotatable bonds is 5. The second-order valence-corrected chi connectivity index (χ2v) is 4.87. The summed E-state index contributed by atoms with van der Waals surface area (Å²) in [4.78, 5) is 23.0. The van der Waals surface area contributed by atoms with Crippen molar-refractivity contribution in [2.24, 2.45) is 5.92 Å². The first-order valence-electron chi connectivity index (χ1n) is 6.72. The average Bonchev–Trinajstić information content (AvgIpc) is 2.89. The lowest BCUT2D eigenvalue weighted by Gasteiger charge is -2.17. The number of para-hydroxylation sites is 1. The number of carbonyl (C=O) groups is 2. The molecule has 1 aliphatic heterocycles. The van der Waals surface area contributed by atoms with Gasteiger partial charge in [-0.05, 0) is 18.7 Å². The Morgan fingerprint density at radius 3 is 2.81 bits per heavy atom. The molecule has 0 saturated carbocycles. The number of hydrogen-bond acceptors (Lipinski definition) is 4. The van der Waals surface area contributed by atoms with Crippen molar-refractivity contribution in [1.29, 1.82) is 0 Å². The lowest BCUT2D eigenvalue weighted by Crippen LogP contribution is -2.44. The van der Waals surface area contributed by atoms with Crippen LogP contribution in [0.3, 0.4) is 0 Å². The lowest BCUT2D eigenvalue weighted by molar-refractivity contribution is -0.142. The number of benzene rings is 1. The average molecular weight is 293 g/mol. The van der Waals surface area contributed by atoms with Crippen molar-refractivity contribution >= 4 is 17.7 Å². The minimum absolute atomic E-state index is 0.122. The highest BCUT2D eigenvalue weighted by Gasteiger charge is 2.35. The van der Waals surface area contributed by atoms with Crippen molar-refractivity contribution < 1.29 is 19.4 Å². The topological polar surface area (TPSA) is 99.7 Å². The number of hydrogen-bond donors (Lipinski definition) is 4. The first-order valence-corrected chi connectivity index (χ1v) is 6.72. The molecule has 2 unspecified atom stereocenters. The van der Waals surface area contributed by atoms with Gasteiger partial charge in [-0.15, -0.1) is 0 Å². The van der Waals surface area contributed by atoms with Gasteiger partial charge >= 0.3 is 12.0 Å². The van der Waals surface area contributed by atoms with Crippen LogP contribution in [0.5, 0.6) is 0 Å². The number of aliphatic carboxylic acids is 1. The minimum atomic E-state index is -0.964. The van der Waals surface area contributed by atoms with Crippen molar-refractivity contribution in [1.82, 2.24) is 10.6 Å². The number of carbonyl (C=O) groups excluding carboxylic acids is 1. The van der Waals surface area contributed by atoms with Gasteiger partial charge in [-0.1, -0.05) is 18.2 Å². The third-order valence-corrected chi connectivity index (χ3v) is 3.35. The molecule has 2 atom stereocenters. The van der Waals surface area contributed by atoms with Gasteiger partial charge < -0.3 is 25.8 Å². The third-order valence-electron chi connectivity index (χ3n) is 3.35. The molecule has 1 saturated heterocycles. The molecule has 0 spiro atoms. The summed E-state index contributed by atoms with van der Waals surface area (Å²) < 4.78 is 5.11. The molecule has 2 rings (SSSR count). The molecular weight excluding hydrogens is 274 g/mol. The zero-order valence-corrected chi connectivity index (χ0v) is 11.8. The Balaban J connectivity index is 1.97. The molecule has 21 heavy (non-hydrogen) atoms. The Morgan fingerprint density at radius 2 is 2.10 bits per heavy atom. The largest absolute Gasteiger partial charge is 0.481 e. The van der Waals surface area contributed by atoms with E-state index in [2.05, 4.69) is 16.0 Å². The van der Waals surface area contributed by atoms with E-state index in [0.717, 1.165) is 5.56 Å². The van der Waals surface area contributed by atoms with E-state index in [1.54, 1.807) is 6.07 Å². The number of nitrogens with one attached hydrogen (secondary N) is 3. The van der Waals surface area contributed by atoms with Crippen LogP contribution in [0.25, 0.3) is 0 Å². The van der Waals surface area contributed by atoms with Crippen LogP contribution in [-0.2, 0) is 16.1 Å². The van der Waals surface area contributed by atoms with Crippen molar-refractivity contribution in [2.45, 2.75) is 12.6 Å². The Kier molecular flexibility index (Phi) is 5.13. The molecule has 2 amide bonds. The smallest absolute Gasteiger partial charge is 0.319 e. The number of ether oxygens (including phenoxy) is 1. The van der Waals surface area contributed by atoms with Crippen molar-refractivity contribution in [3.05, 3.63) is 29.8 Å². The Bertz CT molecular complexity index is 521. The van der Waals surface area contributed by atoms with Crippen LogP contribution in [0, 0.1) is 5.92 Å². The summed E-state index contributed by atoms with van der Waals surface area (Å²) in [6, 6.07) is 6.48. The highest BCUT2D eigenvalue weighted by atomic mass is 16.5. The first-order chi connectivity index (χ1) is 10.1. The summed E-state index contributed by atoms with van der Waals surface area (Å²) in [5, 5.41) is 17.5. The van der Waals surface area contributed by atoms with E-state index < -0.39 is 24.0 Å². The molecule has 1 aliphatic rings. The predicted molar refractivity (Wildman–Crippen MR) is 77.1 cm³/mol. The van der Waals surface area contributed by atoms with Crippen LogP contribution in [0.1, 0.15) is 5.56 Å². The summed E-state index contributed by atoms with van der Waals surface area (Å²) in [6.07, 6.45) is 0. The number of urea groups is 1. The van der Waals surface area contributed by atoms with Gasteiger partial charge in [0.05, 0.1) is 19.3 Å². The molecule has 7 nitrogen and oxygen atoms in total. The standard InChI is InChI=1S/C14H19N3O4/c1-15-6-9-4-2-3-5-11(9)16-14(20)17-12-8-21-7-10(12)13(18)19/h2-5,10,12,15H,6-8H2,1H3,(H,18,19)(H2,16,17,20). The SMILES string of the molecule is CNCc1ccccc1NC(=O)NC1COCC1C(=O)O. The second kappa shape index (κ2) is 7.05. The van der Waals surface area contributed by atoms with Crippen LogP contribution < -0.4 is 16.0 Å².